The molecule has 19 heavy (non-hydrogen) atoms. The molecule has 0 aliphatic carbocycles. The van der Waals surface area contributed by atoms with Crippen molar-refractivity contribution >= 4 is 11.6 Å². The maximum Gasteiger partial charge on any atom is 0.259 e. The number of likely N-dealkylation sites (tertiary alicyclic amines) is 1. The smallest absolute Gasteiger partial charge is 0.259 e. The summed E-state index contributed by atoms with van der Waals surface area (Å²) >= 11 is 6.09. The van der Waals surface area contributed by atoms with E-state index < -0.39 is 0 Å². The number of hydrogen-bond acceptors (Lipinski definition) is 5. The van der Waals surface area contributed by atoms with Gasteiger partial charge in [-0.1, -0.05) is 28.9 Å². The lowest BCUT2D eigenvalue weighted by Gasteiger charge is -2.10. The molecule has 1 atom stereocenters. The second-order valence-electron chi connectivity index (χ2n) is 4.67. The summed E-state index contributed by atoms with van der Waals surface area (Å²) in [5, 5.41) is 14.0. The first-order chi connectivity index (χ1) is 9.22. The minimum Gasteiger partial charge on any atom is -0.392 e. The van der Waals surface area contributed by atoms with Crippen LogP contribution in [0.3, 0.4) is 0 Å². The van der Waals surface area contributed by atoms with Gasteiger partial charge in [-0.15, -0.1) is 0 Å². The van der Waals surface area contributed by atoms with Gasteiger partial charge in [0.05, 0.1) is 23.2 Å². The van der Waals surface area contributed by atoms with Gasteiger partial charge < -0.3 is 9.63 Å². The quantitative estimate of drug-likeness (QED) is 0.930. The molecule has 6 heteroatoms. The first-order valence-electron chi connectivity index (χ1n) is 6.20. The highest BCUT2D eigenvalue weighted by Gasteiger charge is 2.22. The number of β-amino-alcohol motifs (C(OH)–C–C–N with tert-alkyl or cyclic N) is 1. The highest BCUT2D eigenvalue weighted by atomic mass is 35.5. The van der Waals surface area contributed by atoms with E-state index in [0.29, 0.717) is 29.8 Å². The van der Waals surface area contributed by atoms with Crippen molar-refractivity contribution in [3.63, 3.8) is 0 Å². The average molecular weight is 280 g/mol. The van der Waals surface area contributed by atoms with E-state index in [1.165, 1.54) is 0 Å². The number of benzene rings is 1. The van der Waals surface area contributed by atoms with Crippen molar-refractivity contribution in [2.45, 2.75) is 19.1 Å². The summed E-state index contributed by atoms with van der Waals surface area (Å²) in [4.78, 5) is 6.45. The van der Waals surface area contributed by atoms with Gasteiger partial charge in [0.15, 0.2) is 5.82 Å². The third-order valence-electron chi connectivity index (χ3n) is 3.18. The van der Waals surface area contributed by atoms with E-state index in [1.54, 1.807) is 6.07 Å². The van der Waals surface area contributed by atoms with Gasteiger partial charge in [-0.3, -0.25) is 4.90 Å². The Kier molecular flexibility index (Phi) is 3.50. The van der Waals surface area contributed by atoms with Gasteiger partial charge in [0.1, 0.15) is 0 Å². The maximum absolute atomic E-state index is 9.47. The van der Waals surface area contributed by atoms with E-state index in [9.17, 15) is 5.11 Å². The van der Waals surface area contributed by atoms with E-state index >= 15 is 0 Å². The Hall–Kier alpha value is -1.43. The van der Waals surface area contributed by atoms with Crippen LogP contribution < -0.4 is 0 Å². The standard InChI is InChI=1S/C13H14ClN3O2/c14-11-4-2-1-3-10(11)13-15-12(16-19-13)8-17-6-5-9(18)7-17/h1-4,9,18H,5-8H2/t9-/m0/s1. The number of aliphatic hydroxyl groups excluding tert-OH is 1. The highest BCUT2D eigenvalue weighted by molar-refractivity contribution is 6.33. The third kappa shape index (κ3) is 2.78. The van der Waals surface area contributed by atoms with Crippen LogP contribution in [0.5, 0.6) is 0 Å². The Morgan fingerprint density at radius 1 is 1.42 bits per heavy atom. The van der Waals surface area contributed by atoms with Crippen molar-refractivity contribution in [3.05, 3.63) is 35.1 Å². The van der Waals surface area contributed by atoms with Crippen LogP contribution in [0.2, 0.25) is 5.02 Å². The Morgan fingerprint density at radius 2 is 2.26 bits per heavy atom. The molecule has 1 aliphatic rings. The second kappa shape index (κ2) is 5.28. The molecular weight excluding hydrogens is 266 g/mol. The number of halogens is 1. The molecule has 0 unspecified atom stereocenters. The van der Waals surface area contributed by atoms with E-state index in [2.05, 4.69) is 15.0 Å². The molecule has 2 heterocycles. The lowest BCUT2D eigenvalue weighted by Crippen LogP contribution is -2.22. The molecule has 1 saturated heterocycles. The Labute approximate surface area is 115 Å². The maximum atomic E-state index is 9.47. The van der Waals surface area contributed by atoms with Crippen LogP contribution in [0.15, 0.2) is 28.8 Å². The second-order valence-corrected chi connectivity index (χ2v) is 5.08. The summed E-state index contributed by atoms with van der Waals surface area (Å²) in [6.45, 7) is 2.11. The molecular formula is C13H14ClN3O2. The van der Waals surface area contributed by atoms with Gasteiger partial charge in [0.2, 0.25) is 0 Å². The number of nitrogens with zero attached hydrogens (tertiary/aromatic N) is 3. The van der Waals surface area contributed by atoms with Gasteiger partial charge in [-0.2, -0.15) is 4.98 Å². The van der Waals surface area contributed by atoms with Gasteiger partial charge in [-0.05, 0) is 18.6 Å². The molecule has 0 bridgehead atoms. The molecule has 2 aromatic rings. The molecule has 0 saturated carbocycles. The van der Waals surface area contributed by atoms with E-state index in [0.717, 1.165) is 18.5 Å². The lowest BCUT2D eigenvalue weighted by molar-refractivity contribution is 0.173. The van der Waals surface area contributed by atoms with E-state index in [4.69, 9.17) is 16.1 Å². The minimum absolute atomic E-state index is 0.241. The predicted molar refractivity (Wildman–Crippen MR) is 70.6 cm³/mol. The molecule has 1 fully saturated rings. The van der Waals surface area contributed by atoms with Crippen LogP contribution in [0.1, 0.15) is 12.2 Å². The number of hydrogen-bond donors (Lipinski definition) is 1. The van der Waals surface area contributed by atoms with Gasteiger partial charge in [0.25, 0.3) is 5.89 Å². The number of rotatable bonds is 3. The molecule has 100 valence electrons. The zero-order valence-electron chi connectivity index (χ0n) is 10.3. The first-order valence-corrected chi connectivity index (χ1v) is 6.58. The van der Waals surface area contributed by atoms with Crippen LogP contribution >= 0.6 is 11.6 Å². The zero-order valence-corrected chi connectivity index (χ0v) is 11.0. The van der Waals surface area contributed by atoms with Crippen molar-refractivity contribution in [1.82, 2.24) is 15.0 Å². The topological polar surface area (TPSA) is 62.4 Å². The fourth-order valence-corrected chi connectivity index (χ4v) is 2.43. The van der Waals surface area contributed by atoms with Crippen molar-refractivity contribution in [2.75, 3.05) is 13.1 Å². The number of aromatic nitrogens is 2. The summed E-state index contributed by atoms with van der Waals surface area (Å²) in [5.41, 5.74) is 0.740. The molecule has 5 nitrogen and oxygen atoms in total. The molecule has 1 aromatic heterocycles. The lowest BCUT2D eigenvalue weighted by atomic mass is 10.2. The molecule has 3 rings (SSSR count). The normalized spacial score (nSPS) is 20.0. The summed E-state index contributed by atoms with van der Waals surface area (Å²) in [6.07, 6.45) is 0.560. The van der Waals surface area contributed by atoms with E-state index in [1.807, 2.05) is 18.2 Å². The summed E-state index contributed by atoms with van der Waals surface area (Å²) in [7, 11) is 0. The summed E-state index contributed by atoms with van der Waals surface area (Å²) in [5.74, 6) is 1.05. The van der Waals surface area contributed by atoms with Gasteiger partial charge in [0, 0.05) is 13.1 Å². The van der Waals surface area contributed by atoms with Gasteiger partial charge in [-0.25, -0.2) is 0 Å². The Balaban J connectivity index is 1.75. The molecule has 0 radical (unpaired) electrons. The summed E-state index contributed by atoms with van der Waals surface area (Å²) < 4.78 is 5.23. The SMILES string of the molecule is O[C@H]1CCN(Cc2noc(-c3ccccc3Cl)n2)C1. The van der Waals surface area contributed by atoms with Crippen molar-refractivity contribution in [2.24, 2.45) is 0 Å². The largest absolute Gasteiger partial charge is 0.392 e. The molecule has 0 spiro atoms. The van der Waals surface area contributed by atoms with Crippen LogP contribution in [0.4, 0.5) is 0 Å². The third-order valence-corrected chi connectivity index (χ3v) is 3.51. The Morgan fingerprint density at radius 3 is 3.00 bits per heavy atom. The fraction of sp³-hybridized carbons (Fsp3) is 0.385. The molecule has 1 aliphatic heterocycles. The van der Waals surface area contributed by atoms with Crippen LogP contribution in [0.25, 0.3) is 11.5 Å². The van der Waals surface area contributed by atoms with Crippen molar-refractivity contribution in [1.29, 1.82) is 0 Å². The average Bonchev–Trinajstić information content (AvgIpc) is 3.00. The fourth-order valence-electron chi connectivity index (χ4n) is 2.22. The molecule has 1 N–H and O–H groups in total. The molecule has 1 aromatic carbocycles. The van der Waals surface area contributed by atoms with Crippen molar-refractivity contribution in [3.8, 4) is 11.5 Å². The zero-order chi connectivity index (χ0) is 13.2. The predicted octanol–water partition coefficient (Wildman–Crippen LogP) is 1.96. The first kappa shape index (κ1) is 12.6. The van der Waals surface area contributed by atoms with Crippen LogP contribution in [-0.4, -0.2) is 39.3 Å². The monoisotopic (exact) mass is 279 g/mol. The Bertz CT molecular complexity index is 573. The molecule has 0 amide bonds. The van der Waals surface area contributed by atoms with Crippen LogP contribution in [0, 0.1) is 0 Å². The minimum atomic E-state index is -0.241. The number of aliphatic hydroxyl groups is 1. The highest BCUT2D eigenvalue weighted by Crippen LogP contribution is 2.26. The van der Waals surface area contributed by atoms with Crippen LogP contribution in [-0.2, 0) is 6.54 Å². The van der Waals surface area contributed by atoms with Crippen molar-refractivity contribution < 1.29 is 9.63 Å². The summed E-state index contributed by atoms with van der Waals surface area (Å²) in [6, 6.07) is 7.37. The van der Waals surface area contributed by atoms with E-state index in [-0.39, 0.29) is 6.10 Å². The van der Waals surface area contributed by atoms with Gasteiger partial charge >= 0.3 is 0 Å².